The third-order valence-electron chi connectivity index (χ3n) is 3.03. The molecule has 0 bridgehead atoms. The van der Waals surface area contributed by atoms with E-state index in [1.807, 2.05) is 6.07 Å². The quantitative estimate of drug-likeness (QED) is 0.635. The molecule has 1 amide bonds. The molecular formula is C14H17N3O3S. The van der Waals surface area contributed by atoms with E-state index in [2.05, 4.69) is 4.98 Å². The standard InChI is InChI=1S/C14H17N3O3S/c1-9(12(15)18)21-14-16-11-6-4-3-5-10(11)13(19)17(14)7-8-20-2/h3-6,9H,7-8H2,1-2H3,(H2,15,18). The number of thioether (sulfide) groups is 1. The minimum Gasteiger partial charge on any atom is -0.383 e. The molecule has 1 heterocycles. The van der Waals surface area contributed by atoms with Crippen molar-refractivity contribution in [3.63, 3.8) is 0 Å². The lowest BCUT2D eigenvalue weighted by Gasteiger charge is -2.14. The van der Waals surface area contributed by atoms with Gasteiger partial charge in [-0.1, -0.05) is 23.9 Å². The highest BCUT2D eigenvalue weighted by atomic mass is 32.2. The van der Waals surface area contributed by atoms with Gasteiger partial charge in [-0.05, 0) is 19.1 Å². The Morgan fingerprint density at radius 3 is 2.86 bits per heavy atom. The van der Waals surface area contributed by atoms with E-state index in [9.17, 15) is 9.59 Å². The molecule has 2 aromatic rings. The molecule has 0 aliphatic rings. The van der Waals surface area contributed by atoms with Gasteiger partial charge in [0.15, 0.2) is 5.16 Å². The topological polar surface area (TPSA) is 87.2 Å². The van der Waals surface area contributed by atoms with Crippen molar-refractivity contribution in [2.45, 2.75) is 23.9 Å². The molecule has 0 spiro atoms. The smallest absolute Gasteiger partial charge is 0.262 e. The van der Waals surface area contributed by atoms with E-state index in [4.69, 9.17) is 10.5 Å². The second-order valence-corrected chi connectivity index (χ2v) is 5.83. The Balaban J connectivity index is 2.54. The molecule has 6 nitrogen and oxygen atoms in total. The van der Waals surface area contributed by atoms with Crippen LogP contribution >= 0.6 is 11.8 Å². The van der Waals surface area contributed by atoms with Gasteiger partial charge in [-0.3, -0.25) is 14.2 Å². The molecule has 1 aromatic carbocycles. The summed E-state index contributed by atoms with van der Waals surface area (Å²) in [6.07, 6.45) is 0. The van der Waals surface area contributed by atoms with Crippen LogP contribution in [0.25, 0.3) is 10.9 Å². The summed E-state index contributed by atoms with van der Waals surface area (Å²) in [4.78, 5) is 28.3. The van der Waals surface area contributed by atoms with Gasteiger partial charge in [0.25, 0.3) is 5.56 Å². The second kappa shape index (κ2) is 6.73. The zero-order valence-electron chi connectivity index (χ0n) is 11.9. The number of hydrogen-bond acceptors (Lipinski definition) is 5. The molecule has 2 N–H and O–H groups in total. The molecule has 0 aliphatic carbocycles. The monoisotopic (exact) mass is 307 g/mol. The Labute approximate surface area is 126 Å². The van der Waals surface area contributed by atoms with Crippen LogP contribution in [0, 0.1) is 0 Å². The van der Waals surface area contributed by atoms with Crippen molar-refractivity contribution in [1.82, 2.24) is 9.55 Å². The number of hydrogen-bond donors (Lipinski definition) is 1. The maximum absolute atomic E-state index is 12.5. The van der Waals surface area contributed by atoms with Gasteiger partial charge in [-0.15, -0.1) is 0 Å². The van der Waals surface area contributed by atoms with E-state index in [1.165, 1.54) is 16.3 Å². The van der Waals surface area contributed by atoms with Crippen LogP contribution < -0.4 is 11.3 Å². The van der Waals surface area contributed by atoms with Gasteiger partial charge in [0, 0.05) is 7.11 Å². The van der Waals surface area contributed by atoms with Gasteiger partial charge in [-0.25, -0.2) is 4.98 Å². The third kappa shape index (κ3) is 3.43. The summed E-state index contributed by atoms with van der Waals surface area (Å²) in [5.41, 5.74) is 5.75. The van der Waals surface area contributed by atoms with Crippen LogP contribution in [-0.2, 0) is 16.1 Å². The number of carbonyl (C=O) groups excluding carboxylic acids is 1. The molecule has 0 saturated heterocycles. The van der Waals surface area contributed by atoms with Gasteiger partial charge >= 0.3 is 0 Å². The van der Waals surface area contributed by atoms with Crippen LogP contribution in [0.3, 0.4) is 0 Å². The largest absolute Gasteiger partial charge is 0.383 e. The van der Waals surface area contributed by atoms with Crippen molar-refractivity contribution in [2.75, 3.05) is 13.7 Å². The zero-order valence-corrected chi connectivity index (χ0v) is 12.7. The highest BCUT2D eigenvalue weighted by Crippen LogP contribution is 2.22. The zero-order chi connectivity index (χ0) is 15.4. The summed E-state index contributed by atoms with van der Waals surface area (Å²) in [5.74, 6) is -0.444. The molecule has 0 aliphatic heterocycles. The number of benzene rings is 1. The van der Waals surface area contributed by atoms with E-state index in [0.29, 0.717) is 29.2 Å². The number of methoxy groups -OCH3 is 1. The maximum atomic E-state index is 12.5. The molecular weight excluding hydrogens is 290 g/mol. The Kier molecular flexibility index (Phi) is 4.98. The predicted molar refractivity (Wildman–Crippen MR) is 82.4 cm³/mol. The summed E-state index contributed by atoms with van der Waals surface area (Å²) in [6.45, 7) is 2.45. The van der Waals surface area contributed by atoms with Crippen LogP contribution in [0.15, 0.2) is 34.2 Å². The molecule has 1 aromatic heterocycles. The number of para-hydroxylation sites is 1. The number of nitrogens with zero attached hydrogens (tertiary/aromatic N) is 2. The summed E-state index contributed by atoms with van der Waals surface area (Å²) in [7, 11) is 1.57. The molecule has 2 rings (SSSR count). The normalized spacial score (nSPS) is 12.5. The average molecular weight is 307 g/mol. The van der Waals surface area contributed by atoms with E-state index >= 15 is 0 Å². The number of nitrogens with two attached hydrogens (primary N) is 1. The van der Waals surface area contributed by atoms with Gasteiger partial charge in [0.2, 0.25) is 5.91 Å². The van der Waals surface area contributed by atoms with E-state index < -0.39 is 11.2 Å². The molecule has 21 heavy (non-hydrogen) atoms. The Morgan fingerprint density at radius 1 is 1.48 bits per heavy atom. The Hall–Kier alpha value is -1.86. The van der Waals surface area contributed by atoms with Crippen molar-refractivity contribution >= 4 is 28.6 Å². The summed E-state index contributed by atoms with van der Waals surface area (Å²) >= 11 is 1.18. The molecule has 0 fully saturated rings. The van der Waals surface area contributed by atoms with Crippen molar-refractivity contribution in [3.05, 3.63) is 34.6 Å². The number of carbonyl (C=O) groups is 1. The third-order valence-corrected chi connectivity index (χ3v) is 4.14. The molecule has 112 valence electrons. The number of rotatable bonds is 6. The van der Waals surface area contributed by atoms with Crippen LogP contribution in [0.1, 0.15) is 6.92 Å². The fourth-order valence-corrected chi connectivity index (χ4v) is 2.72. The SMILES string of the molecule is COCCn1c(SC(C)C(N)=O)nc2ccccc2c1=O. The fraction of sp³-hybridized carbons (Fsp3) is 0.357. The minimum absolute atomic E-state index is 0.142. The lowest BCUT2D eigenvalue weighted by atomic mass is 10.2. The average Bonchev–Trinajstić information content (AvgIpc) is 2.47. The van der Waals surface area contributed by atoms with Crippen LogP contribution in [0.2, 0.25) is 0 Å². The van der Waals surface area contributed by atoms with Crippen molar-refractivity contribution < 1.29 is 9.53 Å². The number of ether oxygens (including phenoxy) is 1. The van der Waals surface area contributed by atoms with Gasteiger partial charge in [0.1, 0.15) is 0 Å². The molecule has 7 heteroatoms. The van der Waals surface area contributed by atoms with Gasteiger partial charge in [-0.2, -0.15) is 0 Å². The maximum Gasteiger partial charge on any atom is 0.262 e. The van der Waals surface area contributed by atoms with E-state index in [-0.39, 0.29) is 5.56 Å². The first-order valence-electron chi connectivity index (χ1n) is 6.49. The number of primary amides is 1. The molecule has 1 atom stereocenters. The second-order valence-electron chi connectivity index (χ2n) is 4.52. The first kappa shape index (κ1) is 15.5. The predicted octanol–water partition coefficient (Wildman–Crippen LogP) is 1.01. The van der Waals surface area contributed by atoms with Gasteiger partial charge in [0.05, 0.1) is 29.3 Å². The van der Waals surface area contributed by atoms with E-state index in [1.54, 1.807) is 32.2 Å². The Morgan fingerprint density at radius 2 is 2.19 bits per heavy atom. The summed E-state index contributed by atoms with van der Waals surface area (Å²) in [5, 5.41) is 0.554. The van der Waals surface area contributed by atoms with Crippen LogP contribution in [0.5, 0.6) is 0 Å². The highest BCUT2D eigenvalue weighted by Gasteiger charge is 2.17. The number of amides is 1. The molecule has 0 saturated carbocycles. The van der Waals surface area contributed by atoms with Crippen LogP contribution in [-0.4, -0.2) is 34.4 Å². The molecule has 0 radical (unpaired) electrons. The Bertz CT molecular complexity index is 714. The van der Waals surface area contributed by atoms with Crippen molar-refractivity contribution in [2.24, 2.45) is 5.73 Å². The van der Waals surface area contributed by atoms with Crippen molar-refractivity contribution in [1.29, 1.82) is 0 Å². The van der Waals surface area contributed by atoms with Gasteiger partial charge < -0.3 is 10.5 Å². The lowest BCUT2D eigenvalue weighted by molar-refractivity contribution is -0.117. The lowest BCUT2D eigenvalue weighted by Crippen LogP contribution is -2.28. The highest BCUT2D eigenvalue weighted by molar-refractivity contribution is 8.00. The van der Waals surface area contributed by atoms with E-state index in [0.717, 1.165) is 0 Å². The summed E-state index contributed by atoms with van der Waals surface area (Å²) < 4.78 is 6.56. The molecule has 1 unspecified atom stereocenters. The first-order chi connectivity index (χ1) is 10.0. The summed E-state index contributed by atoms with van der Waals surface area (Å²) in [6, 6.07) is 7.13. The fourth-order valence-electron chi connectivity index (χ4n) is 1.83. The number of fused-ring (bicyclic) bond motifs is 1. The minimum atomic E-state index is -0.466. The van der Waals surface area contributed by atoms with Crippen LogP contribution in [0.4, 0.5) is 0 Å². The first-order valence-corrected chi connectivity index (χ1v) is 7.37. The van der Waals surface area contributed by atoms with Crippen molar-refractivity contribution in [3.8, 4) is 0 Å². The number of aromatic nitrogens is 2.